The van der Waals surface area contributed by atoms with Gasteiger partial charge in [-0.1, -0.05) is 48.0 Å². The predicted molar refractivity (Wildman–Crippen MR) is 117 cm³/mol. The molecule has 7 heteroatoms. The molecule has 0 fully saturated rings. The number of ether oxygens (including phenoxy) is 1. The third-order valence-electron chi connectivity index (χ3n) is 3.85. The molecule has 0 aliphatic heterocycles. The predicted octanol–water partition coefficient (Wildman–Crippen LogP) is 5.97. The molecule has 3 aromatic rings. The molecular weight excluding hydrogens is 400 g/mol. The number of rotatable bonds is 4. The quantitative estimate of drug-likeness (QED) is 0.405. The van der Waals surface area contributed by atoms with Gasteiger partial charge in [0.1, 0.15) is 5.00 Å². The van der Waals surface area contributed by atoms with E-state index in [-0.39, 0.29) is 0 Å². The zero-order valence-corrected chi connectivity index (χ0v) is 17.1. The maximum atomic E-state index is 12.2. The Bertz CT molecular complexity index is 987. The Balaban J connectivity index is 1.84. The summed E-state index contributed by atoms with van der Waals surface area (Å²) in [6, 6.07) is 17.2. The van der Waals surface area contributed by atoms with Gasteiger partial charge in [-0.25, -0.2) is 4.79 Å². The molecule has 3 rings (SSSR count). The van der Waals surface area contributed by atoms with Crippen LogP contribution in [-0.2, 0) is 4.74 Å². The molecule has 0 aliphatic rings. The molecule has 0 saturated heterocycles. The summed E-state index contributed by atoms with van der Waals surface area (Å²) in [4.78, 5) is 13.1. The number of carbonyl (C=O) groups excluding carboxylic acids is 1. The van der Waals surface area contributed by atoms with Gasteiger partial charge in [0.05, 0.1) is 12.7 Å². The van der Waals surface area contributed by atoms with Crippen LogP contribution in [0.25, 0.3) is 10.4 Å². The van der Waals surface area contributed by atoms with Gasteiger partial charge in [-0.05, 0) is 48.5 Å². The number of halogens is 1. The van der Waals surface area contributed by atoms with Crippen molar-refractivity contribution in [2.45, 2.75) is 6.92 Å². The van der Waals surface area contributed by atoms with Crippen LogP contribution in [0.5, 0.6) is 0 Å². The van der Waals surface area contributed by atoms with E-state index < -0.39 is 5.97 Å². The molecule has 138 valence electrons. The highest BCUT2D eigenvalue weighted by Crippen LogP contribution is 2.36. The van der Waals surface area contributed by atoms with Gasteiger partial charge in [-0.3, -0.25) is 0 Å². The van der Waals surface area contributed by atoms with Crippen molar-refractivity contribution in [1.82, 2.24) is 0 Å². The first kappa shape index (κ1) is 19.4. The fraction of sp³-hybridized carbons (Fsp3) is 0.100. The number of carbonyl (C=O) groups is 1. The van der Waals surface area contributed by atoms with E-state index in [0.717, 1.165) is 21.7 Å². The van der Waals surface area contributed by atoms with Crippen LogP contribution < -0.4 is 10.6 Å². The van der Waals surface area contributed by atoms with Crippen molar-refractivity contribution in [3.8, 4) is 10.4 Å². The SMILES string of the molecule is COC(=O)c1cc(-c2ccccc2)sc1NC(=S)Nc1ccc(C)c(Cl)c1. The molecule has 0 spiro atoms. The number of nitrogens with one attached hydrogen (secondary N) is 2. The van der Waals surface area contributed by atoms with Crippen LogP contribution in [0, 0.1) is 6.92 Å². The molecule has 2 aromatic carbocycles. The Morgan fingerprint density at radius 3 is 2.52 bits per heavy atom. The van der Waals surface area contributed by atoms with Crippen molar-refractivity contribution in [2.75, 3.05) is 17.7 Å². The van der Waals surface area contributed by atoms with Crippen molar-refractivity contribution in [3.05, 3.63) is 70.7 Å². The lowest BCUT2D eigenvalue weighted by Gasteiger charge is -2.11. The molecule has 1 heterocycles. The van der Waals surface area contributed by atoms with Crippen molar-refractivity contribution in [3.63, 3.8) is 0 Å². The number of aryl methyl sites for hydroxylation is 1. The molecule has 0 amide bonds. The van der Waals surface area contributed by atoms with Crippen LogP contribution in [0.15, 0.2) is 54.6 Å². The summed E-state index contributed by atoms with van der Waals surface area (Å²) in [5, 5.41) is 7.81. The minimum absolute atomic E-state index is 0.363. The van der Waals surface area contributed by atoms with Crippen LogP contribution in [-0.4, -0.2) is 18.2 Å². The van der Waals surface area contributed by atoms with E-state index >= 15 is 0 Å². The number of anilines is 2. The van der Waals surface area contributed by atoms with Crippen molar-refractivity contribution < 1.29 is 9.53 Å². The molecule has 0 atom stereocenters. The number of benzene rings is 2. The minimum atomic E-state index is -0.419. The lowest BCUT2D eigenvalue weighted by Crippen LogP contribution is -2.19. The van der Waals surface area contributed by atoms with Gasteiger partial charge in [-0.15, -0.1) is 11.3 Å². The van der Waals surface area contributed by atoms with E-state index in [4.69, 9.17) is 28.6 Å². The summed E-state index contributed by atoms with van der Waals surface area (Å²) >= 11 is 13.0. The first-order valence-corrected chi connectivity index (χ1v) is 9.70. The largest absolute Gasteiger partial charge is 0.465 e. The summed E-state index contributed by atoms with van der Waals surface area (Å²) in [6.07, 6.45) is 0. The van der Waals surface area contributed by atoms with Gasteiger partial charge in [0.15, 0.2) is 5.11 Å². The maximum absolute atomic E-state index is 12.2. The van der Waals surface area contributed by atoms with Crippen molar-refractivity contribution in [2.24, 2.45) is 0 Å². The van der Waals surface area contributed by atoms with Crippen LogP contribution >= 0.6 is 35.2 Å². The van der Waals surface area contributed by atoms with Gasteiger partial charge >= 0.3 is 5.97 Å². The Morgan fingerprint density at radius 1 is 1.11 bits per heavy atom. The summed E-state index contributed by atoms with van der Waals surface area (Å²) in [5.74, 6) is -0.419. The van der Waals surface area contributed by atoms with Crippen LogP contribution in [0.1, 0.15) is 15.9 Å². The molecule has 2 N–H and O–H groups in total. The standard InChI is InChI=1S/C20H17ClN2O2S2/c1-12-8-9-14(10-16(12)21)22-20(26)23-18-15(19(24)25-2)11-17(27-18)13-6-4-3-5-7-13/h3-11H,1-2H3,(H2,22,23,26). The van der Waals surface area contributed by atoms with E-state index in [0.29, 0.717) is 20.7 Å². The summed E-state index contributed by atoms with van der Waals surface area (Å²) in [5.41, 5.74) is 3.21. The molecule has 27 heavy (non-hydrogen) atoms. The van der Waals surface area contributed by atoms with Gasteiger partial charge in [0.2, 0.25) is 0 Å². The second-order valence-corrected chi connectivity index (χ2v) is 7.62. The van der Waals surface area contributed by atoms with E-state index in [2.05, 4.69) is 10.6 Å². The molecule has 0 unspecified atom stereocenters. The molecule has 0 radical (unpaired) electrons. The highest BCUT2D eigenvalue weighted by atomic mass is 35.5. The number of esters is 1. The van der Waals surface area contributed by atoms with Gasteiger partial charge < -0.3 is 15.4 Å². The van der Waals surface area contributed by atoms with E-state index in [1.165, 1.54) is 18.4 Å². The molecule has 1 aromatic heterocycles. The van der Waals surface area contributed by atoms with Crippen LogP contribution in [0.2, 0.25) is 5.02 Å². The lowest BCUT2D eigenvalue weighted by atomic mass is 10.1. The summed E-state index contributed by atoms with van der Waals surface area (Å²) in [6.45, 7) is 1.93. The smallest absolute Gasteiger partial charge is 0.340 e. The fourth-order valence-corrected chi connectivity index (χ4v) is 3.95. The van der Waals surface area contributed by atoms with E-state index in [1.807, 2.05) is 49.4 Å². The highest BCUT2D eigenvalue weighted by Gasteiger charge is 2.18. The number of thiophene rings is 1. The lowest BCUT2D eigenvalue weighted by molar-refractivity contribution is 0.0602. The normalized spacial score (nSPS) is 10.3. The Hall–Kier alpha value is -2.41. The zero-order chi connectivity index (χ0) is 19.4. The number of methoxy groups -OCH3 is 1. The third-order valence-corrected chi connectivity index (χ3v) is 5.56. The van der Waals surface area contributed by atoms with Crippen molar-refractivity contribution >= 4 is 56.9 Å². The number of hydrogen-bond donors (Lipinski definition) is 2. The molecule has 0 saturated carbocycles. The zero-order valence-electron chi connectivity index (χ0n) is 14.7. The Labute approximate surface area is 172 Å². The minimum Gasteiger partial charge on any atom is -0.465 e. The monoisotopic (exact) mass is 416 g/mol. The topological polar surface area (TPSA) is 50.4 Å². The average molecular weight is 417 g/mol. The van der Waals surface area contributed by atoms with Crippen LogP contribution in [0.4, 0.5) is 10.7 Å². The summed E-state index contributed by atoms with van der Waals surface area (Å²) in [7, 11) is 1.36. The third kappa shape index (κ3) is 4.66. The van der Waals surface area contributed by atoms with Gasteiger partial charge in [0.25, 0.3) is 0 Å². The Kier molecular flexibility index (Phi) is 6.11. The fourth-order valence-electron chi connectivity index (χ4n) is 2.43. The molecular formula is C20H17ClN2O2S2. The molecule has 4 nitrogen and oxygen atoms in total. The first-order valence-electron chi connectivity index (χ1n) is 8.09. The second-order valence-electron chi connectivity index (χ2n) is 5.75. The van der Waals surface area contributed by atoms with E-state index in [9.17, 15) is 4.79 Å². The highest BCUT2D eigenvalue weighted by molar-refractivity contribution is 7.80. The Morgan fingerprint density at radius 2 is 1.85 bits per heavy atom. The van der Waals surface area contributed by atoms with Gasteiger partial charge in [-0.2, -0.15) is 0 Å². The van der Waals surface area contributed by atoms with Crippen LogP contribution in [0.3, 0.4) is 0 Å². The van der Waals surface area contributed by atoms with E-state index in [1.54, 1.807) is 12.1 Å². The first-order chi connectivity index (χ1) is 13.0. The maximum Gasteiger partial charge on any atom is 0.340 e. The molecule has 0 bridgehead atoms. The number of hydrogen-bond acceptors (Lipinski definition) is 4. The second kappa shape index (κ2) is 8.52. The van der Waals surface area contributed by atoms with Crippen molar-refractivity contribution in [1.29, 1.82) is 0 Å². The van der Waals surface area contributed by atoms with Gasteiger partial charge in [0, 0.05) is 15.6 Å². The number of thiocarbonyl (C=S) groups is 1. The molecule has 0 aliphatic carbocycles. The summed E-state index contributed by atoms with van der Waals surface area (Å²) < 4.78 is 4.90. The average Bonchev–Trinajstić information content (AvgIpc) is 3.08.